The highest BCUT2D eigenvalue weighted by molar-refractivity contribution is 7.12. The smallest absolute Gasteiger partial charge is 0.263 e. The van der Waals surface area contributed by atoms with Gasteiger partial charge >= 0.3 is 0 Å². The molecule has 0 unspecified atom stereocenters. The molecule has 7 heteroatoms. The van der Waals surface area contributed by atoms with E-state index in [0.717, 1.165) is 30.9 Å². The van der Waals surface area contributed by atoms with E-state index in [1.807, 2.05) is 22.4 Å². The summed E-state index contributed by atoms with van der Waals surface area (Å²) in [5, 5.41) is 12.2. The number of hydrogen-bond acceptors (Lipinski definition) is 6. The Morgan fingerprint density at radius 1 is 1.14 bits per heavy atom. The van der Waals surface area contributed by atoms with Gasteiger partial charge in [0.2, 0.25) is 0 Å². The molecule has 3 rings (SSSR count). The minimum atomic E-state index is -0.618. The summed E-state index contributed by atoms with van der Waals surface area (Å²) in [6, 6.07) is 10.7. The Morgan fingerprint density at radius 2 is 1.93 bits per heavy atom. The van der Waals surface area contributed by atoms with Gasteiger partial charge < -0.3 is 14.7 Å². The fourth-order valence-corrected chi connectivity index (χ4v) is 3.93. The van der Waals surface area contributed by atoms with E-state index in [2.05, 4.69) is 4.90 Å². The molecule has 0 radical (unpaired) electrons. The summed E-state index contributed by atoms with van der Waals surface area (Å²) >= 11 is 1.47. The number of ether oxygens (including phenoxy) is 1. The summed E-state index contributed by atoms with van der Waals surface area (Å²) < 4.78 is 5.63. The molecule has 1 atom stereocenters. The maximum absolute atomic E-state index is 12.5. The van der Waals surface area contributed by atoms with Crippen LogP contribution in [-0.4, -0.2) is 72.0 Å². The maximum atomic E-state index is 12.5. The van der Waals surface area contributed by atoms with Gasteiger partial charge in [0.1, 0.15) is 18.5 Å². The van der Waals surface area contributed by atoms with Gasteiger partial charge in [-0.3, -0.25) is 14.5 Å². The second-order valence-electron chi connectivity index (χ2n) is 6.97. The molecule has 0 aliphatic carbocycles. The van der Waals surface area contributed by atoms with Crippen LogP contribution in [0, 0.1) is 0 Å². The van der Waals surface area contributed by atoms with Crippen LogP contribution >= 0.6 is 11.3 Å². The number of carbonyl (C=O) groups is 2. The zero-order valence-electron chi connectivity index (χ0n) is 16.0. The van der Waals surface area contributed by atoms with E-state index < -0.39 is 6.10 Å². The van der Waals surface area contributed by atoms with Gasteiger partial charge in [-0.1, -0.05) is 6.07 Å². The molecule has 2 heterocycles. The van der Waals surface area contributed by atoms with Gasteiger partial charge in [-0.25, -0.2) is 0 Å². The number of nitrogens with zero attached hydrogens (tertiary/aromatic N) is 2. The Labute approximate surface area is 169 Å². The van der Waals surface area contributed by atoms with E-state index in [-0.39, 0.29) is 18.3 Å². The zero-order chi connectivity index (χ0) is 19.9. The number of rotatable bonds is 7. The van der Waals surface area contributed by atoms with E-state index in [1.165, 1.54) is 18.3 Å². The molecule has 150 valence electrons. The monoisotopic (exact) mass is 402 g/mol. The van der Waals surface area contributed by atoms with E-state index in [1.54, 1.807) is 24.3 Å². The van der Waals surface area contributed by atoms with E-state index in [0.29, 0.717) is 24.4 Å². The largest absolute Gasteiger partial charge is 0.491 e. The molecular formula is C21H26N2O4S. The molecule has 1 aliphatic rings. The molecule has 6 nitrogen and oxygen atoms in total. The first-order valence-corrected chi connectivity index (χ1v) is 10.4. The molecule has 1 aromatic carbocycles. The van der Waals surface area contributed by atoms with E-state index in [9.17, 15) is 14.7 Å². The van der Waals surface area contributed by atoms with Crippen LogP contribution < -0.4 is 4.74 Å². The molecule has 0 spiro atoms. The SMILES string of the molecule is CC(=O)c1ccc(OC[C@@H](O)CN2CCCN(C(=O)c3cccs3)CC2)cc1. The fourth-order valence-electron chi connectivity index (χ4n) is 3.24. The standard InChI is InChI=1S/C21H26N2O4S/c1-16(24)17-5-7-19(8-6-17)27-15-18(25)14-22-9-3-10-23(12-11-22)21(26)20-4-2-13-28-20/h2,4-8,13,18,25H,3,9-12,14-15H2,1H3/t18-/m0/s1. The second kappa shape index (κ2) is 9.82. The molecule has 28 heavy (non-hydrogen) atoms. The number of amides is 1. The Hall–Kier alpha value is -2.22. The fraction of sp³-hybridized carbons (Fsp3) is 0.429. The van der Waals surface area contributed by atoms with Crippen molar-refractivity contribution in [2.75, 3.05) is 39.3 Å². The lowest BCUT2D eigenvalue weighted by atomic mass is 10.1. The Bertz CT molecular complexity index is 776. The van der Waals surface area contributed by atoms with Crippen LogP contribution in [0.25, 0.3) is 0 Å². The van der Waals surface area contributed by atoms with Gasteiger partial charge in [0.25, 0.3) is 5.91 Å². The van der Waals surface area contributed by atoms with Crippen molar-refractivity contribution in [2.45, 2.75) is 19.4 Å². The normalized spacial score (nSPS) is 16.4. The molecular weight excluding hydrogens is 376 g/mol. The summed E-state index contributed by atoms with van der Waals surface area (Å²) in [5.74, 6) is 0.738. The zero-order valence-corrected chi connectivity index (χ0v) is 16.9. The van der Waals surface area contributed by atoms with Crippen molar-refractivity contribution < 1.29 is 19.4 Å². The number of aliphatic hydroxyl groups excluding tert-OH is 1. The number of thiophene rings is 1. The molecule has 0 saturated carbocycles. The topological polar surface area (TPSA) is 70.1 Å². The van der Waals surface area contributed by atoms with Crippen molar-refractivity contribution in [1.29, 1.82) is 0 Å². The lowest BCUT2D eigenvalue weighted by Crippen LogP contribution is -2.39. The van der Waals surface area contributed by atoms with Gasteiger partial charge in [-0.05, 0) is 55.6 Å². The first-order valence-electron chi connectivity index (χ1n) is 9.50. The summed E-state index contributed by atoms with van der Waals surface area (Å²) in [4.78, 5) is 28.6. The van der Waals surface area contributed by atoms with Gasteiger partial charge in [0.05, 0.1) is 4.88 Å². The van der Waals surface area contributed by atoms with Gasteiger partial charge in [0.15, 0.2) is 5.78 Å². The third kappa shape index (κ3) is 5.64. The lowest BCUT2D eigenvalue weighted by molar-refractivity contribution is 0.0671. The highest BCUT2D eigenvalue weighted by atomic mass is 32.1. The number of Topliss-reactive ketones (excluding diaryl/α,β-unsaturated/α-hetero) is 1. The maximum Gasteiger partial charge on any atom is 0.263 e. The third-order valence-corrected chi connectivity index (χ3v) is 5.64. The minimum Gasteiger partial charge on any atom is -0.491 e. The van der Waals surface area contributed by atoms with Crippen molar-refractivity contribution in [1.82, 2.24) is 9.80 Å². The predicted molar refractivity (Wildman–Crippen MR) is 109 cm³/mol. The Balaban J connectivity index is 1.43. The van der Waals surface area contributed by atoms with E-state index in [4.69, 9.17) is 4.74 Å². The summed E-state index contributed by atoms with van der Waals surface area (Å²) in [5.41, 5.74) is 0.638. The van der Waals surface area contributed by atoms with Crippen LogP contribution in [0.3, 0.4) is 0 Å². The number of benzene rings is 1. The van der Waals surface area contributed by atoms with Gasteiger partial charge in [0, 0.05) is 31.7 Å². The molecule has 1 N–H and O–H groups in total. The highest BCUT2D eigenvalue weighted by Crippen LogP contribution is 2.15. The summed E-state index contributed by atoms with van der Waals surface area (Å²) in [6.07, 6.45) is 0.268. The average molecular weight is 403 g/mol. The van der Waals surface area contributed by atoms with Crippen LogP contribution in [0.5, 0.6) is 5.75 Å². The first kappa shape index (κ1) is 20.5. The van der Waals surface area contributed by atoms with Crippen LogP contribution in [0.2, 0.25) is 0 Å². The minimum absolute atomic E-state index is 0.0133. The molecule has 1 aliphatic heterocycles. The van der Waals surface area contributed by atoms with Crippen LogP contribution in [0.1, 0.15) is 33.4 Å². The molecule has 1 fully saturated rings. The molecule has 1 saturated heterocycles. The number of aliphatic hydroxyl groups is 1. The van der Waals surface area contributed by atoms with Crippen LogP contribution in [0.15, 0.2) is 41.8 Å². The first-order chi connectivity index (χ1) is 13.5. The molecule has 1 aromatic heterocycles. The lowest BCUT2D eigenvalue weighted by Gasteiger charge is -2.24. The van der Waals surface area contributed by atoms with Gasteiger partial charge in [-0.2, -0.15) is 0 Å². The van der Waals surface area contributed by atoms with Gasteiger partial charge in [-0.15, -0.1) is 11.3 Å². The van der Waals surface area contributed by atoms with Crippen molar-refractivity contribution in [3.63, 3.8) is 0 Å². The highest BCUT2D eigenvalue weighted by Gasteiger charge is 2.22. The second-order valence-corrected chi connectivity index (χ2v) is 7.92. The number of carbonyl (C=O) groups excluding carboxylic acids is 2. The number of ketones is 1. The molecule has 0 bridgehead atoms. The van der Waals surface area contributed by atoms with Crippen LogP contribution in [0.4, 0.5) is 0 Å². The van der Waals surface area contributed by atoms with Crippen molar-refractivity contribution in [3.05, 3.63) is 52.2 Å². The molecule has 1 amide bonds. The quantitative estimate of drug-likeness (QED) is 0.721. The summed E-state index contributed by atoms with van der Waals surface area (Å²) in [7, 11) is 0. The molecule has 2 aromatic rings. The van der Waals surface area contributed by atoms with Crippen LogP contribution in [-0.2, 0) is 0 Å². The third-order valence-electron chi connectivity index (χ3n) is 4.78. The Kier molecular flexibility index (Phi) is 7.19. The van der Waals surface area contributed by atoms with Crippen molar-refractivity contribution in [3.8, 4) is 5.75 Å². The average Bonchev–Trinajstić information content (AvgIpc) is 3.13. The van der Waals surface area contributed by atoms with E-state index >= 15 is 0 Å². The van der Waals surface area contributed by atoms with Crippen molar-refractivity contribution in [2.24, 2.45) is 0 Å². The Morgan fingerprint density at radius 3 is 2.61 bits per heavy atom. The summed E-state index contributed by atoms with van der Waals surface area (Å²) in [6.45, 7) is 5.20. The van der Waals surface area contributed by atoms with Crippen molar-refractivity contribution >= 4 is 23.0 Å². The number of β-amino-alcohol motifs (C(OH)–C–C–N with tert-alkyl or cyclic N) is 1. The predicted octanol–water partition coefficient (Wildman–Crippen LogP) is 2.54. The number of hydrogen-bond donors (Lipinski definition) is 1.